The molecule has 0 radical (unpaired) electrons. The van der Waals surface area contributed by atoms with E-state index in [1.54, 1.807) is 0 Å². The number of hydrogen-bond donors (Lipinski definition) is 2. The van der Waals surface area contributed by atoms with Crippen molar-refractivity contribution in [1.29, 1.82) is 0 Å². The Morgan fingerprint density at radius 2 is 1.53 bits per heavy atom. The molecule has 3 aromatic carbocycles. The van der Waals surface area contributed by atoms with Gasteiger partial charge in [-0.25, -0.2) is 0 Å². The quantitative estimate of drug-likeness (QED) is 0.0475. The lowest BCUT2D eigenvalue weighted by Crippen LogP contribution is -2.39. The van der Waals surface area contributed by atoms with Gasteiger partial charge in [0.15, 0.2) is 6.29 Å². The van der Waals surface area contributed by atoms with E-state index in [2.05, 4.69) is 91.6 Å². The van der Waals surface area contributed by atoms with Gasteiger partial charge in [0.2, 0.25) is 0 Å². The van der Waals surface area contributed by atoms with Crippen LogP contribution in [0.4, 0.5) is 0 Å². The van der Waals surface area contributed by atoms with E-state index in [4.69, 9.17) is 10.2 Å². The van der Waals surface area contributed by atoms with E-state index in [-0.39, 0.29) is 0 Å². The summed E-state index contributed by atoms with van der Waals surface area (Å²) in [5.74, 6) is 0.608. The molecule has 0 spiro atoms. The first kappa shape index (κ1) is 42.1. The number of likely N-dealkylation sites (tertiary alicyclic amines) is 1. The molecule has 4 rings (SSSR count). The number of piperidine rings is 1. The first-order valence-electron chi connectivity index (χ1n) is 19.9. The Kier molecular flexibility index (Phi) is 21.1. The van der Waals surface area contributed by atoms with Crippen molar-refractivity contribution in [3.63, 3.8) is 0 Å². The van der Waals surface area contributed by atoms with Crippen molar-refractivity contribution in [1.82, 2.24) is 15.2 Å². The minimum Gasteiger partial charge on any atom is -0.396 e. The molecule has 51 heavy (non-hydrogen) atoms. The fraction of sp³-hybridized carbons (Fsp3) is 0.556. The van der Waals surface area contributed by atoms with E-state index in [9.17, 15) is 4.79 Å². The first-order chi connectivity index (χ1) is 24.9. The highest BCUT2D eigenvalue weighted by atomic mass is 16.2. The second kappa shape index (κ2) is 25.6. The molecule has 0 aliphatic carbocycles. The van der Waals surface area contributed by atoms with Gasteiger partial charge < -0.3 is 15.3 Å². The molecule has 1 saturated heterocycles. The van der Waals surface area contributed by atoms with E-state index in [0.29, 0.717) is 24.5 Å². The number of carbonyl (C=O) groups excluding carboxylic acids is 1. The van der Waals surface area contributed by atoms with E-state index in [1.165, 1.54) is 99.6 Å². The Balaban J connectivity index is 0.000000460. The number of carbonyl (C=O) groups is 1. The molecule has 0 unspecified atom stereocenters. The largest absolute Gasteiger partial charge is 0.396 e. The van der Waals surface area contributed by atoms with Gasteiger partial charge in [-0.3, -0.25) is 9.80 Å². The molecule has 1 aliphatic rings. The zero-order valence-corrected chi connectivity index (χ0v) is 32.4. The van der Waals surface area contributed by atoms with Gasteiger partial charge >= 0.3 is 0 Å². The molecule has 1 fully saturated rings. The molecule has 2 N–H and O–H groups in total. The second-order valence-corrected chi connectivity index (χ2v) is 14.6. The van der Waals surface area contributed by atoms with Crippen LogP contribution in [-0.4, -0.2) is 79.9 Å². The lowest BCUT2D eigenvalue weighted by Gasteiger charge is -2.34. The Morgan fingerprint density at radius 1 is 0.863 bits per heavy atom. The number of unbranched alkanes of at least 4 members (excludes halogenated alkanes) is 6. The summed E-state index contributed by atoms with van der Waals surface area (Å²) in [5.41, 5.74) is 7.80. The van der Waals surface area contributed by atoms with Crippen LogP contribution in [-0.2, 0) is 12.8 Å². The van der Waals surface area contributed by atoms with Crippen LogP contribution in [0.5, 0.6) is 0 Å². The van der Waals surface area contributed by atoms with E-state index >= 15 is 0 Å². The third kappa shape index (κ3) is 17.6. The normalized spacial score (nSPS) is 14.9. The fourth-order valence-corrected chi connectivity index (χ4v) is 6.83. The van der Waals surface area contributed by atoms with Crippen molar-refractivity contribution in [2.24, 2.45) is 11.0 Å². The van der Waals surface area contributed by atoms with Gasteiger partial charge in [-0.15, -0.1) is 0 Å². The van der Waals surface area contributed by atoms with Gasteiger partial charge in [-0.2, -0.15) is 5.10 Å². The summed E-state index contributed by atoms with van der Waals surface area (Å²) in [6, 6.07) is 25.4. The fourth-order valence-electron chi connectivity index (χ4n) is 6.83. The first-order valence-corrected chi connectivity index (χ1v) is 19.9. The minimum absolute atomic E-state index is 0.332. The molecule has 1 heterocycles. The number of aliphatic hydroxyl groups excluding tert-OH is 1. The Morgan fingerprint density at radius 3 is 2.22 bits per heavy atom. The minimum atomic E-state index is 0.332. The maximum atomic E-state index is 11.8. The third-order valence-corrected chi connectivity index (χ3v) is 9.84. The number of benzene rings is 3. The number of aldehydes is 1. The molecule has 0 amide bonds. The molecule has 1 aliphatic heterocycles. The Labute approximate surface area is 310 Å². The molecule has 280 valence electrons. The number of nitrogens with one attached hydrogen (secondary N) is 1. The van der Waals surface area contributed by atoms with Crippen LogP contribution in [0.2, 0.25) is 0 Å². The number of aryl methyl sites for hydroxylation is 3. The molecule has 3 aromatic rings. The van der Waals surface area contributed by atoms with Gasteiger partial charge in [-0.1, -0.05) is 117 Å². The van der Waals surface area contributed by atoms with Crippen molar-refractivity contribution in [2.75, 3.05) is 52.9 Å². The smallest absolute Gasteiger partial charge is 0.150 e. The highest BCUT2D eigenvalue weighted by Gasteiger charge is 2.21. The molecule has 1 atom stereocenters. The van der Waals surface area contributed by atoms with Gasteiger partial charge in [-0.05, 0) is 108 Å². The molecule has 6 heteroatoms. The maximum absolute atomic E-state index is 11.8. The maximum Gasteiger partial charge on any atom is 0.150 e. The van der Waals surface area contributed by atoms with Crippen molar-refractivity contribution >= 4 is 12.0 Å². The van der Waals surface area contributed by atoms with Crippen molar-refractivity contribution < 1.29 is 9.90 Å². The molecule has 6 nitrogen and oxygen atoms in total. The van der Waals surface area contributed by atoms with Crippen LogP contribution in [0.3, 0.4) is 0 Å². The van der Waals surface area contributed by atoms with E-state index in [1.807, 2.05) is 24.3 Å². The number of hydrogen-bond acceptors (Lipinski definition) is 6. The van der Waals surface area contributed by atoms with Crippen LogP contribution in [0, 0.1) is 19.8 Å². The standard InChI is InChI=1S/C34H43N3O.C11H25NO/c1-27-13-17-29(18-14-27)9-6-7-21-37-22-8-10-31(25-37)24-36(3)35-34(23-30-19-15-28(2)16-20-30)33-12-5-4-11-32(33)26-38;1-2-3-4-5-6-9-12-10-7-8-11-13/h4-5,11-20,26,31H,6-10,21-25H2,1-3H3;12-13H,2-11H2,1H3/b35-34-;/t31-;/m1./s1. The van der Waals surface area contributed by atoms with Crippen LogP contribution in [0.15, 0.2) is 77.9 Å². The zero-order valence-electron chi connectivity index (χ0n) is 32.4. The number of rotatable bonds is 22. The Bertz CT molecular complexity index is 1360. The molecule has 0 saturated carbocycles. The number of aliphatic hydroxyl groups is 1. The van der Waals surface area contributed by atoms with Crippen molar-refractivity contribution in [3.8, 4) is 0 Å². The highest BCUT2D eigenvalue weighted by molar-refractivity contribution is 6.07. The lowest BCUT2D eigenvalue weighted by molar-refractivity contribution is 0.112. The summed E-state index contributed by atoms with van der Waals surface area (Å²) in [5, 5.41) is 19.1. The van der Waals surface area contributed by atoms with Crippen LogP contribution in [0.1, 0.15) is 116 Å². The summed E-state index contributed by atoms with van der Waals surface area (Å²) >= 11 is 0. The van der Waals surface area contributed by atoms with Crippen LogP contribution in [0.25, 0.3) is 0 Å². The van der Waals surface area contributed by atoms with Crippen molar-refractivity contribution in [2.45, 2.75) is 104 Å². The van der Waals surface area contributed by atoms with E-state index in [0.717, 1.165) is 56.6 Å². The predicted octanol–water partition coefficient (Wildman–Crippen LogP) is 9.05. The molecular weight excluding hydrogens is 629 g/mol. The number of hydrazone groups is 1. The Hall–Kier alpha value is -3.32. The lowest BCUT2D eigenvalue weighted by atomic mass is 9.97. The predicted molar refractivity (Wildman–Crippen MR) is 217 cm³/mol. The summed E-state index contributed by atoms with van der Waals surface area (Å²) in [6.07, 6.45) is 16.6. The van der Waals surface area contributed by atoms with Gasteiger partial charge in [0, 0.05) is 44.3 Å². The van der Waals surface area contributed by atoms with Crippen molar-refractivity contribution in [3.05, 3.63) is 106 Å². The van der Waals surface area contributed by atoms with Gasteiger partial charge in [0.05, 0.1) is 5.71 Å². The molecule has 0 bridgehead atoms. The van der Waals surface area contributed by atoms with Crippen LogP contribution < -0.4 is 5.32 Å². The van der Waals surface area contributed by atoms with Gasteiger partial charge in [0.25, 0.3) is 0 Å². The summed E-state index contributed by atoms with van der Waals surface area (Å²) in [4.78, 5) is 14.4. The second-order valence-electron chi connectivity index (χ2n) is 14.6. The summed E-state index contributed by atoms with van der Waals surface area (Å²) < 4.78 is 0. The third-order valence-electron chi connectivity index (χ3n) is 9.84. The van der Waals surface area contributed by atoms with Gasteiger partial charge in [0.1, 0.15) is 0 Å². The topological polar surface area (TPSA) is 68.2 Å². The average Bonchev–Trinajstić information content (AvgIpc) is 3.14. The number of nitrogens with zero attached hydrogens (tertiary/aromatic N) is 3. The summed E-state index contributed by atoms with van der Waals surface area (Å²) in [6.45, 7) is 13.5. The monoisotopic (exact) mass is 697 g/mol. The molecule has 0 aromatic heterocycles. The zero-order chi connectivity index (χ0) is 36.5. The summed E-state index contributed by atoms with van der Waals surface area (Å²) in [7, 11) is 2.08. The average molecular weight is 697 g/mol. The van der Waals surface area contributed by atoms with E-state index < -0.39 is 0 Å². The highest BCUT2D eigenvalue weighted by Crippen LogP contribution is 2.20. The molecular formula is C45H68N4O2. The van der Waals surface area contributed by atoms with Crippen LogP contribution >= 0.6 is 0 Å². The SMILES string of the molecule is CCCCCCCNCCCCO.Cc1ccc(CCCCN2CCC[C@H](CN(C)/N=C(/Cc3ccc(C)cc3)c3ccccc3C=O)C2)cc1.